The van der Waals surface area contributed by atoms with Gasteiger partial charge in [0.2, 0.25) is 0 Å². The summed E-state index contributed by atoms with van der Waals surface area (Å²) in [6.07, 6.45) is 1.51. The zero-order valence-electron chi connectivity index (χ0n) is 4.43. The van der Waals surface area contributed by atoms with Crippen LogP contribution < -0.4 is 0 Å². The van der Waals surface area contributed by atoms with Crippen LogP contribution in [0.2, 0.25) is 0 Å². The van der Waals surface area contributed by atoms with E-state index in [0.29, 0.717) is 0 Å². The van der Waals surface area contributed by atoms with Gasteiger partial charge in [0.25, 0.3) is 0 Å². The highest BCUT2D eigenvalue weighted by atomic mass is 19.3. The molecule has 0 saturated heterocycles. The van der Waals surface area contributed by atoms with Crippen LogP contribution in [0.15, 0.2) is 18.3 Å². The summed E-state index contributed by atoms with van der Waals surface area (Å²) in [4.78, 5) is 15.6. The lowest BCUT2D eigenvalue weighted by Crippen LogP contribution is -1.97. The van der Waals surface area contributed by atoms with Gasteiger partial charge in [-0.15, -0.1) is 0 Å². The van der Waals surface area contributed by atoms with Gasteiger partial charge < -0.3 is 4.98 Å². The molecule has 1 rings (SSSR count). The summed E-state index contributed by atoms with van der Waals surface area (Å²) in [6, 6.07) is 2.99. The Labute approximate surface area is 50.3 Å². The summed E-state index contributed by atoms with van der Waals surface area (Å²) >= 11 is 0. The van der Waals surface area contributed by atoms with Gasteiger partial charge >= 0.3 is 5.97 Å². The van der Waals surface area contributed by atoms with E-state index in [-0.39, 0.29) is 5.69 Å². The second kappa shape index (κ2) is 2.30. The maximum Gasteiger partial charge on any atom is 0.395 e. The van der Waals surface area contributed by atoms with Gasteiger partial charge in [0.15, 0.2) is 0 Å². The molecule has 0 atom stereocenters. The molecule has 1 heterocycles. The molecule has 1 aromatic heterocycles. The number of hydrogen-bond donors (Lipinski definition) is 1. The first kappa shape index (κ1) is 5.81. The number of carbonyl (C=O) groups is 1. The van der Waals surface area contributed by atoms with Gasteiger partial charge in [-0.3, -0.25) is 0 Å². The summed E-state index contributed by atoms with van der Waals surface area (Å²) in [5.74, 6) is -1.00. The lowest BCUT2D eigenvalue weighted by Gasteiger charge is -1.85. The highest BCUT2D eigenvalue weighted by Gasteiger charge is 2.05. The molecular weight excluding hydrogens is 125 g/mol. The number of aromatic nitrogens is 1. The van der Waals surface area contributed by atoms with Crippen LogP contribution in [0.4, 0.5) is 4.53 Å². The molecule has 0 aliphatic heterocycles. The SMILES string of the molecule is O=C(OF)c1ccc[nH]1. The van der Waals surface area contributed by atoms with Gasteiger partial charge in [0.1, 0.15) is 5.69 Å². The standard InChI is InChI=1S/C5H4FNO2/c6-9-5(8)4-2-1-3-7-4/h1-3,7H. The number of rotatable bonds is 1. The number of H-pyrrole nitrogens is 1. The molecule has 0 amide bonds. The number of carbonyl (C=O) groups excluding carboxylic acids is 1. The van der Waals surface area contributed by atoms with Crippen molar-refractivity contribution < 1.29 is 14.3 Å². The van der Waals surface area contributed by atoms with E-state index in [1.165, 1.54) is 12.3 Å². The minimum Gasteiger partial charge on any atom is -0.356 e. The number of halogens is 1. The Kier molecular flexibility index (Phi) is 1.48. The maximum absolute atomic E-state index is 11.1. The molecule has 0 fully saturated rings. The number of aromatic amines is 1. The van der Waals surface area contributed by atoms with Crippen LogP contribution in [0.25, 0.3) is 0 Å². The average Bonchev–Trinajstić information content (AvgIpc) is 2.37. The Morgan fingerprint density at radius 2 is 2.56 bits per heavy atom. The topological polar surface area (TPSA) is 42.1 Å². The zero-order chi connectivity index (χ0) is 6.69. The molecule has 0 radical (unpaired) electrons. The van der Waals surface area contributed by atoms with E-state index in [4.69, 9.17) is 0 Å². The first-order valence-corrected chi connectivity index (χ1v) is 2.31. The molecule has 0 spiro atoms. The monoisotopic (exact) mass is 129 g/mol. The van der Waals surface area contributed by atoms with Crippen molar-refractivity contribution in [2.24, 2.45) is 0 Å². The smallest absolute Gasteiger partial charge is 0.356 e. The van der Waals surface area contributed by atoms with Crippen LogP contribution in [0.1, 0.15) is 10.5 Å². The summed E-state index contributed by atoms with van der Waals surface area (Å²) in [7, 11) is 0. The lowest BCUT2D eigenvalue weighted by molar-refractivity contribution is -0.0792. The Balaban J connectivity index is 2.77. The van der Waals surface area contributed by atoms with Gasteiger partial charge in [-0.05, 0) is 12.1 Å². The molecule has 0 aromatic carbocycles. The molecule has 0 bridgehead atoms. The lowest BCUT2D eigenvalue weighted by atomic mass is 10.4. The maximum atomic E-state index is 11.1. The van der Waals surface area contributed by atoms with E-state index in [9.17, 15) is 9.32 Å². The molecule has 0 aliphatic carbocycles. The van der Waals surface area contributed by atoms with Crippen LogP contribution in [-0.2, 0) is 4.94 Å². The molecule has 48 valence electrons. The Bertz CT molecular complexity index is 195. The summed E-state index contributed by atoms with van der Waals surface area (Å²) in [5.41, 5.74) is 0.109. The number of hydrogen-bond acceptors (Lipinski definition) is 2. The van der Waals surface area contributed by atoms with Crippen molar-refractivity contribution in [2.75, 3.05) is 0 Å². The molecule has 4 heteroatoms. The van der Waals surface area contributed by atoms with Crippen molar-refractivity contribution >= 4 is 5.97 Å². The Morgan fingerprint density at radius 3 is 3.00 bits per heavy atom. The van der Waals surface area contributed by atoms with Crippen LogP contribution in [-0.4, -0.2) is 11.0 Å². The molecule has 1 aromatic rings. The summed E-state index contributed by atoms with van der Waals surface area (Å²) in [6.45, 7) is 0. The van der Waals surface area contributed by atoms with Crippen molar-refractivity contribution in [3.63, 3.8) is 0 Å². The molecule has 1 N–H and O–H groups in total. The van der Waals surface area contributed by atoms with Crippen LogP contribution >= 0.6 is 0 Å². The van der Waals surface area contributed by atoms with E-state index >= 15 is 0 Å². The first-order valence-electron chi connectivity index (χ1n) is 2.31. The van der Waals surface area contributed by atoms with Crippen molar-refractivity contribution in [1.82, 2.24) is 4.98 Å². The van der Waals surface area contributed by atoms with Crippen LogP contribution in [0.3, 0.4) is 0 Å². The third-order valence-electron chi connectivity index (χ3n) is 0.888. The molecule has 9 heavy (non-hydrogen) atoms. The predicted molar refractivity (Wildman–Crippen MR) is 27.3 cm³/mol. The van der Waals surface area contributed by atoms with E-state index in [1.807, 2.05) is 0 Å². The average molecular weight is 129 g/mol. The minimum absolute atomic E-state index is 0.109. The first-order chi connectivity index (χ1) is 4.34. The van der Waals surface area contributed by atoms with Crippen molar-refractivity contribution in [1.29, 1.82) is 0 Å². The van der Waals surface area contributed by atoms with Gasteiger partial charge in [-0.1, -0.05) is 0 Å². The van der Waals surface area contributed by atoms with Crippen LogP contribution in [0.5, 0.6) is 0 Å². The summed E-state index contributed by atoms with van der Waals surface area (Å²) in [5, 5.41) is 0. The van der Waals surface area contributed by atoms with Gasteiger partial charge in [0.05, 0.1) is 0 Å². The van der Waals surface area contributed by atoms with Gasteiger partial charge in [-0.25, -0.2) is 9.74 Å². The normalized spacial score (nSPS) is 9.00. The van der Waals surface area contributed by atoms with Crippen molar-refractivity contribution in [3.8, 4) is 0 Å². The number of nitrogens with one attached hydrogen (secondary N) is 1. The predicted octanol–water partition coefficient (Wildman–Crippen LogP) is 1.06. The van der Waals surface area contributed by atoms with E-state index in [2.05, 4.69) is 9.93 Å². The molecule has 0 unspecified atom stereocenters. The molecular formula is C5H4FNO2. The molecule has 3 nitrogen and oxygen atoms in total. The third kappa shape index (κ3) is 1.07. The Hall–Kier alpha value is -1.32. The molecule has 0 aliphatic rings. The van der Waals surface area contributed by atoms with Gasteiger partial charge in [0, 0.05) is 10.7 Å². The van der Waals surface area contributed by atoms with Crippen molar-refractivity contribution in [3.05, 3.63) is 24.0 Å². The van der Waals surface area contributed by atoms with E-state index < -0.39 is 5.97 Å². The third-order valence-corrected chi connectivity index (χ3v) is 0.888. The second-order valence-electron chi connectivity index (χ2n) is 1.45. The summed E-state index contributed by atoms with van der Waals surface area (Å²) < 4.78 is 11.1. The second-order valence-corrected chi connectivity index (χ2v) is 1.45. The van der Waals surface area contributed by atoms with E-state index in [1.54, 1.807) is 6.07 Å². The largest absolute Gasteiger partial charge is 0.395 e. The fourth-order valence-electron chi connectivity index (χ4n) is 0.499. The zero-order valence-corrected chi connectivity index (χ0v) is 4.43. The quantitative estimate of drug-likeness (QED) is 0.615. The minimum atomic E-state index is -1.00. The van der Waals surface area contributed by atoms with Crippen LogP contribution in [0, 0.1) is 0 Å². The van der Waals surface area contributed by atoms with Gasteiger partial charge in [-0.2, -0.15) is 0 Å². The Morgan fingerprint density at radius 1 is 1.78 bits per heavy atom. The highest BCUT2D eigenvalue weighted by Crippen LogP contribution is 1.96. The van der Waals surface area contributed by atoms with E-state index in [0.717, 1.165) is 0 Å². The fraction of sp³-hybridized carbons (Fsp3) is 0. The molecule has 0 saturated carbocycles. The fourth-order valence-corrected chi connectivity index (χ4v) is 0.499. The van der Waals surface area contributed by atoms with Crippen molar-refractivity contribution in [2.45, 2.75) is 0 Å². The highest BCUT2D eigenvalue weighted by molar-refractivity contribution is 5.86.